The lowest BCUT2D eigenvalue weighted by Gasteiger charge is -2.31. The highest BCUT2D eigenvalue weighted by Gasteiger charge is 2.30. The van der Waals surface area contributed by atoms with Crippen molar-refractivity contribution in [1.82, 2.24) is 19.8 Å². The average Bonchev–Trinajstić information content (AvgIpc) is 3.09. The van der Waals surface area contributed by atoms with E-state index in [0.717, 1.165) is 17.4 Å². The molecule has 1 saturated carbocycles. The zero-order valence-electron chi connectivity index (χ0n) is 20.0. The molecule has 32 heavy (non-hydrogen) atoms. The van der Waals surface area contributed by atoms with Crippen LogP contribution in [0.25, 0.3) is 10.9 Å². The van der Waals surface area contributed by atoms with Gasteiger partial charge in [0.05, 0.1) is 10.8 Å². The number of hydrogen-bond acceptors (Lipinski definition) is 4. The number of carbonyl (C=O) groups is 1. The first-order chi connectivity index (χ1) is 15.0. The molecule has 1 heterocycles. The minimum Gasteiger partial charge on any atom is -0.346 e. The molecule has 1 aromatic heterocycles. The van der Waals surface area contributed by atoms with Gasteiger partial charge in [-0.3, -0.25) is 9.48 Å². The summed E-state index contributed by atoms with van der Waals surface area (Å²) in [5.74, 6) is 0.322. The molecule has 1 aliphatic rings. The van der Waals surface area contributed by atoms with Gasteiger partial charge < -0.3 is 5.32 Å². The Morgan fingerprint density at radius 3 is 2.44 bits per heavy atom. The Bertz CT molecular complexity index is 1030. The predicted molar refractivity (Wildman–Crippen MR) is 129 cm³/mol. The lowest BCUT2D eigenvalue weighted by molar-refractivity contribution is 0.0899. The van der Waals surface area contributed by atoms with E-state index in [-0.39, 0.29) is 23.9 Å². The number of carbonyl (C=O) groups excluding carboxylic acids is 1. The molecule has 1 aliphatic carbocycles. The van der Waals surface area contributed by atoms with Crippen molar-refractivity contribution in [3.8, 4) is 0 Å². The number of nitrogens with one attached hydrogen (secondary N) is 2. The lowest BCUT2D eigenvalue weighted by Crippen LogP contribution is -2.51. The van der Waals surface area contributed by atoms with Gasteiger partial charge in [-0.05, 0) is 44.1 Å². The van der Waals surface area contributed by atoms with Crippen LogP contribution in [0.2, 0.25) is 0 Å². The summed E-state index contributed by atoms with van der Waals surface area (Å²) in [6.45, 7) is 10.2. The lowest BCUT2D eigenvalue weighted by atomic mass is 9.86. The normalized spacial score (nSPS) is 17.1. The monoisotopic (exact) mass is 462 g/mol. The van der Waals surface area contributed by atoms with Gasteiger partial charge >= 0.3 is 0 Å². The number of hydrogen-bond donors (Lipinski definition) is 2. The third kappa shape index (κ3) is 5.90. The average molecular weight is 463 g/mol. The van der Waals surface area contributed by atoms with Gasteiger partial charge in [-0.1, -0.05) is 58.2 Å². The van der Waals surface area contributed by atoms with E-state index in [0.29, 0.717) is 11.6 Å². The van der Waals surface area contributed by atoms with Gasteiger partial charge in [0.1, 0.15) is 0 Å². The van der Waals surface area contributed by atoms with E-state index in [1.54, 1.807) is 13.8 Å². The Labute approximate surface area is 192 Å². The standard InChI is InChI=1S/C24H38N4O3S/c1-17(2)32(30,31)25-15-21(24(3,4)5)26-23(29)22-19-13-9-10-14-20(19)28(27-22)16-18-11-7-6-8-12-18/h9-10,13-14,17-18,21,25H,6-8,11-12,15-16H2,1-5H3,(H,26,29). The Morgan fingerprint density at radius 1 is 1.16 bits per heavy atom. The molecule has 1 fully saturated rings. The molecule has 2 aromatic rings. The quantitative estimate of drug-likeness (QED) is 0.618. The van der Waals surface area contributed by atoms with E-state index in [2.05, 4.69) is 10.0 Å². The van der Waals surface area contributed by atoms with Gasteiger partial charge in [0, 0.05) is 24.5 Å². The van der Waals surface area contributed by atoms with Crippen LogP contribution >= 0.6 is 0 Å². The molecular weight excluding hydrogens is 424 g/mol. The maximum Gasteiger partial charge on any atom is 0.272 e. The molecule has 0 aliphatic heterocycles. The molecule has 1 aromatic carbocycles. The van der Waals surface area contributed by atoms with Crippen molar-refractivity contribution >= 4 is 26.8 Å². The largest absolute Gasteiger partial charge is 0.346 e. The van der Waals surface area contributed by atoms with Crippen molar-refractivity contribution in [2.24, 2.45) is 11.3 Å². The predicted octanol–water partition coefficient (Wildman–Crippen LogP) is 4.09. The first-order valence-electron chi connectivity index (χ1n) is 11.7. The second-order valence-electron chi connectivity index (χ2n) is 10.4. The number of fused-ring (bicyclic) bond motifs is 1. The first-order valence-corrected chi connectivity index (χ1v) is 13.3. The SMILES string of the molecule is CC(C)S(=O)(=O)NCC(NC(=O)c1nn(CC2CCCCC2)c2ccccc12)C(C)(C)C. The zero-order chi connectivity index (χ0) is 23.5. The van der Waals surface area contributed by atoms with Gasteiger partial charge in [0.15, 0.2) is 5.69 Å². The third-order valence-electron chi connectivity index (χ3n) is 6.49. The first kappa shape index (κ1) is 24.7. The van der Waals surface area contributed by atoms with Crippen LogP contribution < -0.4 is 10.0 Å². The number of para-hydroxylation sites is 1. The molecule has 178 valence electrons. The molecule has 0 spiro atoms. The fourth-order valence-electron chi connectivity index (χ4n) is 4.22. The van der Waals surface area contributed by atoms with Gasteiger partial charge in [-0.2, -0.15) is 5.10 Å². The molecule has 7 nitrogen and oxygen atoms in total. The third-order valence-corrected chi connectivity index (χ3v) is 8.30. The fourth-order valence-corrected chi connectivity index (χ4v) is 4.95. The van der Waals surface area contributed by atoms with Gasteiger partial charge in [0.2, 0.25) is 10.0 Å². The Hall–Kier alpha value is -1.93. The molecular formula is C24H38N4O3S. The Morgan fingerprint density at radius 2 is 1.81 bits per heavy atom. The summed E-state index contributed by atoms with van der Waals surface area (Å²) in [4.78, 5) is 13.3. The number of benzene rings is 1. The van der Waals surface area contributed by atoms with Gasteiger partial charge in [-0.15, -0.1) is 0 Å². The van der Waals surface area contributed by atoms with Crippen molar-refractivity contribution in [2.45, 2.75) is 84.6 Å². The second-order valence-corrected chi connectivity index (χ2v) is 12.7. The highest BCUT2D eigenvalue weighted by molar-refractivity contribution is 7.90. The van der Waals surface area contributed by atoms with Crippen molar-refractivity contribution in [1.29, 1.82) is 0 Å². The number of rotatable bonds is 8. The van der Waals surface area contributed by atoms with E-state index in [4.69, 9.17) is 5.10 Å². The van der Waals surface area contributed by atoms with Crippen LogP contribution in [0.5, 0.6) is 0 Å². The molecule has 1 amide bonds. The maximum absolute atomic E-state index is 13.3. The molecule has 3 rings (SSSR count). The number of aromatic nitrogens is 2. The van der Waals surface area contributed by atoms with Crippen molar-refractivity contribution in [3.05, 3.63) is 30.0 Å². The summed E-state index contributed by atoms with van der Waals surface area (Å²) in [6, 6.07) is 7.46. The summed E-state index contributed by atoms with van der Waals surface area (Å²) in [5.41, 5.74) is 1.03. The molecule has 0 radical (unpaired) electrons. The minimum atomic E-state index is -3.42. The van der Waals surface area contributed by atoms with E-state index in [1.807, 2.05) is 49.7 Å². The Kier molecular flexibility index (Phi) is 7.65. The molecule has 1 unspecified atom stereocenters. The number of amides is 1. The summed E-state index contributed by atoms with van der Waals surface area (Å²) in [6.07, 6.45) is 6.24. The Balaban J connectivity index is 1.82. The van der Waals surface area contributed by atoms with E-state index in [9.17, 15) is 13.2 Å². The van der Waals surface area contributed by atoms with Crippen molar-refractivity contribution in [2.75, 3.05) is 6.54 Å². The maximum atomic E-state index is 13.3. The summed E-state index contributed by atoms with van der Waals surface area (Å²) in [7, 11) is -3.42. The topological polar surface area (TPSA) is 93.1 Å². The van der Waals surface area contributed by atoms with Crippen LogP contribution in [-0.4, -0.2) is 41.9 Å². The van der Waals surface area contributed by atoms with Crippen molar-refractivity contribution in [3.63, 3.8) is 0 Å². The molecule has 8 heteroatoms. The van der Waals surface area contributed by atoms with Crippen LogP contribution in [0.4, 0.5) is 0 Å². The summed E-state index contributed by atoms with van der Waals surface area (Å²) < 4.78 is 29.1. The highest BCUT2D eigenvalue weighted by atomic mass is 32.2. The van der Waals surface area contributed by atoms with Crippen molar-refractivity contribution < 1.29 is 13.2 Å². The second kappa shape index (κ2) is 9.91. The van der Waals surface area contributed by atoms with Crippen LogP contribution in [0.15, 0.2) is 24.3 Å². The van der Waals surface area contributed by atoms with E-state index >= 15 is 0 Å². The van der Waals surface area contributed by atoms with Crippen LogP contribution in [-0.2, 0) is 16.6 Å². The van der Waals surface area contributed by atoms with Crippen LogP contribution in [0, 0.1) is 11.3 Å². The zero-order valence-corrected chi connectivity index (χ0v) is 20.8. The van der Waals surface area contributed by atoms with E-state index in [1.165, 1.54) is 32.1 Å². The minimum absolute atomic E-state index is 0.135. The van der Waals surface area contributed by atoms with Gasteiger partial charge in [0.25, 0.3) is 5.91 Å². The fraction of sp³-hybridized carbons (Fsp3) is 0.667. The van der Waals surface area contributed by atoms with Crippen LogP contribution in [0.1, 0.15) is 77.2 Å². The summed E-state index contributed by atoms with van der Waals surface area (Å²) >= 11 is 0. The number of sulfonamides is 1. The smallest absolute Gasteiger partial charge is 0.272 e. The summed E-state index contributed by atoms with van der Waals surface area (Å²) in [5, 5.41) is 8.07. The molecule has 1 atom stereocenters. The molecule has 2 N–H and O–H groups in total. The molecule has 0 saturated heterocycles. The van der Waals surface area contributed by atoms with Crippen LogP contribution in [0.3, 0.4) is 0 Å². The van der Waals surface area contributed by atoms with Gasteiger partial charge in [-0.25, -0.2) is 13.1 Å². The number of nitrogens with zero attached hydrogens (tertiary/aromatic N) is 2. The molecule has 0 bridgehead atoms. The van der Waals surface area contributed by atoms with E-state index < -0.39 is 15.3 Å². The highest BCUT2D eigenvalue weighted by Crippen LogP contribution is 2.27.